The van der Waals surface area contributed by atoms with Gasteiger partial charge in [-0.2, -0.15) is 0 Å². The third-order valence-electron chi connectivity index (χ3n) is 9.89. The average Bonchev–Trinajstić information content (AvgIpc) is 3.06. The third kappa shape index (κ3) is 2.56. The zero-order valence-corrected chi connectivity index (χ0v) is 18.3. The first-order valence-electron chi connectivity index (χ1n) is 11.5. The van der Waals surface area contributed by atoms with E-state index in [0.717, 1.165) is 5.92 Å². The fraction of sp³-hybridized carbons (Fsp3) is 1.00. The molecule has 0 spiro atoms. The summed E-state index contributed by atoms with van der Waals surface area (Å²) in [5.74, 6) is 2.37. The van der Waals surface area contributed by atoms with Crippen molar-refractivity contribution in [3.63, 3.8) is 0 Å². The van der Waals surface area contributed by atoms with Crippen molar-refractivity contribution in [1.82, 2.24) is 0 Å². The van der Waals surface area contributed by atoms with Crippen molar-refractivity contribution in [2.45, 2.75) is 110 Å². The Morgan fingerprint density at radius 2 is 1.56 bits per heavy atom. The van der Waals surface area contributed by atoms with E-state index in [-0.39, 0.29) is 11.7 Å². The van der Waals surface area contributed by atoms with E-state index in [1.165, 1.54) is 51.4 Å². The second-order valence-corrected chi connectivity index (χ2v) is 11.9. The predicted molar refractivity (Wildman–Crippen MR) is 106 cm³/mol. The fourth-order valence-electron chi connectivity index (χ4n) is 8.80. The van der Waals surface area contributed by atoms with E-state index in [1.807, 2.05) is 7.11 Å². The van der Waals surface area contributed by atoms with Crippen molar-refractivity contribution in [2.75, 3.05) is 7.11 Å². The van der Waals surface area contributed by atoms with Gasteiger partial charge in [0.05, 0.1) is 17.8 Å². The van der Waals surface area contributed by atoms with Gasteiger partial charge in [-0.05, 0) is 93.8 Å². The fourth-order valence-corrected chi connectivity index (χ4v) is 8.80. The predicted octanol–water partition coefficient (Wildman–Crippen LogP) is 5.56. The van der Waals surface area contributed by atoms with Gasteiger partial charge in [-0.25, -0.2) is 0 Å². The molecular weight excluding hydrogens is 336 g/mol. The molecule has 5 fully saturated rings. The largest absolute Gasteiger partial charge is 0.378 e. The zero-order valence-electron chi connectivity index (χ0n) is 18.3. The van der Waals surface area contributed by atoms with Gasteiger partial charge in [0.2, 0.25) is 0 Å². The molecule has 0 bridgehead atoms. The maximum absolute atomic E-state index is 6.71. The van der Waals surface area contributed by atoms with Crippen LogP contribution in [0.3, 0.4) is 0 Å². The second-order valence-electron chi connectivity index (χ2n) is 11.9. The van der Waals surface area contributed by atoms with Gasteiger partial charge in [-0.15, -0.1) is 0 Å². The minimum Gasteiger partial charge on any atom is -0.378 e. The molecule has 0 radical (unpaired) electrons. The van der Waals surface area contributed by atoms with Gasteiger partial charge in [0, 0.05) is 7.11 Å². The van der Waals surface area contributed by atoms with E-state index in [2.05, 4.69) is 34.6 Å². The summed E-state index contributed by atoms with van der Waals surface area (Å²) in [7, 11) is 1.92. The van der Waals surface area contributed by atoms with Crippen LogP contribution in [-0.4, -0.2) is 30.7 Å². The highest BCUT2D eigenvalue weighted by molar-refractivity contribution is 5.16. The third-order valence-corrected chi connectivity index (χ3v) is 9.89. The number of hydrogen-bond acceptors (Lipinski definition) is 3. The lowest BCUT2D eigenvalue weighted by Gasteiger charge is -2.62. The highest BCUT2D eigenvalue weighted by atomic mass is 16.8. The maximum Gasteiger partial charge on any atom is 0.163 e. The molecule has 4 aliphatic carbocycles. The number of hydrogen-bond donors (Lipinski definition) is 0. The minimum absolute atomic E-state index is 0.0309. The molecule has 9 atom stereocenters. The van der Waals surface area contributed by atoms with Crippen molar-refractivity contribution < 1.29 is 14.2 Å². The first kappa shape index (κ1) is 18.9. The number of fused-ring (bicyclic) bond motifs is 8. The molecule has 5 rings (SSSR count). The van der Waals surface area contributed by atoms with Crippen molar-refractivity contribution in [2.24, 2.45) is 34.5 Å². The van der Waals surface area contributed by atoms with Gasteiger partial charge in [0.15, 0.2) is 5.79 Å². The molecule has 0 aromatic carbocycles. The summed E-state index contributed by atoms with van der Waals surface area (Å²) < 4.78 is 19.4. The lowest BCUT2D eigenvalue weighted by molar-refractivity contribution is -0.175. The van der Waals surface area contributed by atoms with Crippen LogP contribution in [0.4, 0.5) is 0 Å². The molecular formula is C24H40O3. The SMILES string of the molecule is CO[C@@]1(C)CC2C3C4OC(C)(C)OC4C4CCCC[C@]4(C)C3CC[C@]2(C)C1. The summed E-state index contributed by atoms with van der Waals surface area (Å²) in [6, 6.07) is 0. The van der Waals surface area contributed by atoms with Crippen LogP contribution in [0.25, 0.3) is 0 Å². The normalized spacial score (nSPS) is 58.9. The molecule has 3 nitrogen and oxygen atoms in total. The molecule has 5 aliphatic rings. The van der Waals surface area contributed by atoms with Crippen molar-refractivity contribution in [3.05, 3.63) is 0 Å². The second kappa shape index (κ2) is 5.73. The Balaban J connectivity index is 1.58. The molecule has 4 saturated carbocycles. The van der Waals surface area contributed by atoms with E-state index >= 15 is 0 Å². The van der Waals surface area contributed by atoms with Gasteiger partial charge in [-0.1, -0.05) is 26.7 Å². The summed E-state index contributed by atoms with van der Waals surface area (Å²) in [4.78, 5) is 0. The molecule has 0 aromatic rings. The van der Waals surface area contributed by atoms with Gasteiger partial charge in [0.25, 0.3) is 0 Å². The number of rotatable bonds is 1. The van der Waals surface area contributed by atoms with Crippen molar-refractivity contribution in [1.29, 1.82) is 0 Å². The lowest BCUT2D eigenvalue weighted by Crippen LogP contribution is -2.62. The zero-order chi connectivity index (χ0) is 19.2. The Labute approximate surface area is 165 Å². The molecule has 0 amide bonds. The Kier molecular flexibility index (Phi) is 4.01. The lowest BCUT2D eigenvalue weighted by atomic mass is 9.44. The summed E-state index contributed by atoms with van der Waals surface area (Å²) in [6.07, 6.45) is 11.2. The van der Waals surface area contributed by atoms with E-state index in [1.54, 1.807) is 0 Å². The van der Waals surface area contributed by atoms with Gasteiger partial charge in [0.1, 0.15) is 0 Å². The molecule has 1 aliphatic heterocycles. The van der Waals surface area contributed by atoms with Crippen LogP contribution < -0.4 is 0 Å². The Hall–Kier alpha value is -0.120. The molecule has 0 aromatic heterocycles. The van der Waals surface area contributed by atoms with Crippen LogP contribution in [0.5, 0.6) is 0 Å². The molecule has 3 heteroatoms. The van der Waals surface area contributed by atoms with Crippen LogP contribution in [0.15, 0.2) is 0 Å². The molecule has 27 heavy (non-hydrogen) atoms. The quantitative estimate of drug-likeness (QED) is 0.599. The molecule has 0 N–H and O–H groups in total. The maximum atomic E-state index is 6.71. The summed E-state index contributed by atoms with van der Waals surface area (Å²) in [6.45, 7) is 11.8. The van der Waals surface area contributed by atoms with Crippen LogP contribution in [0.2, 0.25) is 0 Å². The standard InChI is InChI=1S/C24H40O3/c1-21(2)26-19-16-9-7-8-11-24(16,5)15-10-12-22(3)14-23(4,25-6)13-17(22)18(15)20(19)27-21/h15-20H,7-14H2,1-6H3/t15?,16?,17?,18?,19?,20?,22-,23+,24-/m1/s1. The highest BCUT2D eigenvalue weighted by Crippen LogP contribution is 2.69. The van der Waals surface area contributed by atoms with E-state index in [4.69, 9.17) is 14.2 Å². The topological polar surface area (TPSA) is 27.7 Å². The van der Waals surface area contributed by atoms with Crippen molar-refractivity contribution >= 4 is 0 Å². The number of ether oxygens (including phenoxy) is 3. The number of methoxy groups -OCH3 is 1. The summed E-state index contributed by atoms with van der Waals surface area (Å²) >= 11 is 0. The van der Waals surface area contributed by atoms with Gasteiger partial charge >= 0.3 is 0 Å². The Morgan fingerprint density at radius 1 is 0.815 bits per heavy atom. The minimum atomic E-state index is -0.431. The van der Waals surface area contributed by atoms with Crippen LogP contribution in [-0.2, 0) is 14.2 Å². The van der Waals surface area contributed by atoms with E-state index in [0.29, 0.717) is 34.7 Å². The summed E-state index contributed by atoms with van der Waals surface area (Å²) in [5.41, 5.74) is 0.856. The van der Waals surface area contributed by atoms with E-state index < -0.39 is 5.79 Å². The molecule has 1 heterocycles. The first-order chi connectivity index (χ1) is 12.6. The first-order valence-corrected chi connectivity index (χ1v) is 11.5. The average molecular weight is 377 g/mol. The molecule has 154 valence electrons. The Bertz CT molecular complexity index is 615. The smallest absolute Gasteiger partial charge is 0.163 e. The van der Waals surface area contributed by atoms with Crippen LogP contribution in [0.1, 0.15) is 86.0 Å². The van der Waals surface area contributed by atoms with Gasteiger partial charge < -0.3 is 14.2 Å². The monoisotopic (exact) mass is 376 g/mol. The molecule has 1 saturated heterocycles. The Morgan fingerprint density at radius 3 is 2.30 bits per heavy atom. The van der Waals surface area contributed by atoms with Crippen LogP contribution in [0, 0.1) is 34.5 Å². The molecule has 6 unspecified atom stereocenters. The summed E-state index contributed by atoms with van der Waals surface area (Å²) in [5, 5.41) is 0. The highest BCUT2D eigenvalue weighted by Gasteiger charge is 2.68. The van der Waals surface area contributed by atoms with E-state index in [9.17, 15) is 0 Å². The van der Waals surface area contributed by atoms with Crippen LogP contribution >= 0.6 is 0 Å². The van der Waals surface area contributed by atoms with Crippen molar-refractivity contribution in [3.8, 4) is 0 Å². The van der Waals surface area contributed by atoms with Gasteiger partial charge in [-0.3, -0.25) is 0 Å².